The SMILES string of the molecule is CC(C)CCCC(C)C1CCC2C3CC=C4CC(Oc5cc(N)ccc5N)CCC4(C)C3CCC12C. The van der Waals surface area contributed by atoms with Gasteiger partial charge in [-0.05, 0) is 103 Å². The number of nitrogens with two attached hydrogens (primary N) is 2. The molecule has 3 heteroatoms. The summed E-state index contributed by atoms with van der Waals surface area (Å²) in [6.45, 7) is 12.6. The lowest BCUT2D eigenvalue weighted by Gasteiger charge is -2.58. The van der Waals surface area contributed by atoms with Crippen LogP contribution in [0.1, 0.15) is 105 Å². The number of rotatable bonds is 7. The molecule has 0 amide bonds. The molecule has 200 valence electrons. The summed E-state index contributed by atoms with van der Waals surface area (Å²) in [5.41, 5.74) is 16.2. The second kappa shape index (κ2) is 9.91. The van der Waals surface area contributed by atoms with Crippen LogP contribution in [0, 0.1) is 46.3 Å². The van der Waals surface area contributed by atoms with E-state index in [1.54, 1.807) is 5.57 Å². The summed E-state index contributed by atoms with van der Waals surface area (Å²) in [6, 6.07) is 5.60. The summed E-state index contributed by atoms with van der Waals surface area (Å²) in [6.07, 6.45) is 17.6. The van der Waals surface area contributed by atoms with E-state index >= 15 is 0 Å². The lowest BCUT2D eigenvalue weighted by molar-refractivity contribution is -0.0558. The second-order valence-electron chi connectivity index (χ2n) is 14.1. The predicted molar refractivity (Wildman–Crippen MR) is 153 cm³/mol. The molecule has 8 unspecified atom stereocenters. The largest absolute Gasteiger partial charge is 0.488 e. The molecule has 4 aliphatic rings. The molecule has 0 aromatic heterocycles. The van der Waals surface area contributed by atoms with Crippen molar-refractivity contribution in [3.63, 3.8) is 0 Å². The highest BCUT2D eigenvalue weighted by Gasteiger charge is 2.59. The van der Waals surface area contributed by atoms with Gasteiger partial charge < -0.3 is 16.2 Å². The Kier molecular flexibility index (Phi) is 7.16. The summed E-state index contributed by atoms with van der Waals surface area (Å²) < 4.78 is 6.42. The van der Waals surface area contributed by atoms with Crippen molar-refractivity contribution < 1.29 is 4.74 Å². The van der Waals surface area contributed by atoms with Gasteiger partial charge in [0.1, 0.15) is 11.9 Å². The van der Waals surface area contributed by atoms with Gasteiger partial charge in [-0.25, -0.2) is 0 Å². The van der Waals surface area contributed by atoms with Crippen molar-refractivity contribution in [1.29, 1.82) is 0 Å². The molecule has 0 bridgehead atoms. The molecule has 0 radical (unpaired) electrons. The molecule has 0 saturated heterocycles. The summed E-state index contributed by atoms with van der Waals surface area (Å²) >= 11 is 0. The Labute approximate surface area is 220 Å². The maximum Gasteiger partial charge on any atom is 0.144 e. The smallest absolute Gasteiger partial charge is 0.144 e. The van der Waals surface area contributed by atoms with E-state index < -0.39 is 0 Å². The number of ether oxygens (including phenoxy) is 1. The van der Waals surface area contributed by atoms with Crippen LogP contribution in [0.5, 0.6) is 5.75 Å². The van der Waals surface area contributed by atoms with Gasteiger partial charge in [0.2, 0.25) is 0 Å². The number of anilines is 2. The third-order valence-electron chi connectivity index (χ3n) is 11.6. The average molecular weight is 493 g/mol. The van der Waals surface area contributed by atoms with Crippen molar-refractivity contribution in [2.24, 2.45) is 46.3 Å². The van der Waals surface area contributed by atoms with Crippen molar-refractivity contribution in [2.45, 2.75) is 111 Å². The fourth-order valence-corrected chi connectivity index (χ4v) is 9.59. The molecule has 4 aliphatic carbocycles. The Morgan fingerprint density at radius 2 is 1.78 bits per heavy atom. The fraction of sp³-hybridized carbons (Fsp3) is 0.758. The molecule has 3 saturated carbocycles. The first-order valence-corrected chi connectivity index (χ1v) is 15.1. The third-order valence-corrected chi connectivity index (χ3v) is 11.6. The first kappa shape index (κ1) is 26.0. The van der Waals surface area contributed by atoms with E-state index in [4.69, 9.17) is 16.2 Å². The molecule has 8 atom stereocenters. The second-order valence-corrected chi connectivity index (χ2v) is 14.1. The van der Waals surface area contributed by atoms with Crippen molar-refractivity contribution in [1.82, 2.24) is 0 Å². The maximum atomic E-state index is 6.42. The fourth-order valence-electron chi connectivity index (χ4n) is 9.59. The Hall–Kier alpha value is -1.64. The Bertz CT molecular complexity index is 968. The van der Waals surface area contributed by atoms with E-state index in [-0.39, 0.29) is 6.10 Å². The number of hydrogen-bond donors (Lipinski definition) is 2. The average Bonchev–Trinajstić information content (AvgIpc) is 3.18. The van der Waals surface area contributed by atoms with Gasteiger partial charge in [0.15, 0.2) is 0 Å². The van der Waals surface area contributed by atoms with Crippen LogP contribution in [-0.2, 0) is 0 Å². The molecular formula is C33H52N2O. The molecular weight excluding hydrogens is 440 g/mol. The monoisotopic (exact) mass is 492 g/mol. The Morgan fingerprint density at radius 1 is 0.972 bits per heavy atom. The standard InChI is InChI=1S/C33H52N2O/c1-21(2)7-6-8-22(3)27-12-13-28-26-11-9-23-19-25(36-31-20-24(34)10-14-30(31)35)15-17-32(23,4)29(26)16-18-33(27,28)5/h9-10,14,20-22,25-29H,6-8,11-13,15-19,34-35H2,1-5H3. The summed E-state index contributed by atoms with van der Waals surface area (Å²) in [5, 5.41) is 0. The zero-order chi connectivity index (χ0) is 25.7. The number of allylic oxidation sites excluding steroid dienone is 1. The molecule has 3 fully saturated rings. The van der Waals surface area contributed by atoms with Crippen LogP contribution >= 0.6 is 0 Å². The van der Waals surface area contributed by atoms with E-state index in [1.165, 1.54) is 57.8 Å². The lowest BCUT2D eigenvalue weighted by Crippen LogP contribution is -2.51. The van der Waals surface area contributed by atoms with Gasteiger partial charge in [-0.2, -0.15) is 0 Å². The molecule has 3 nitrogen and oxygen atoms in total. The van der Waals surface area contributed by atoms with Gasteiger partial charge in [0.25, 0.3) is 0 Å². The minimum atomic E-state index is 0.210. The van der Waals surface area contributed by atoms with Crippen LogP contribution in [0.4, 0.5) is 11.4 Å². The molecule has 0 aliphatic heterocycles. The van der Waals surface area contributed by atoms with E-state index in [2.05, 4.69) is 40.7 Å². The summed E-state index contributed by atoms with van der Waals surface area (Å²) in [7, 11) is 0. The van der Waals surface area contributed by atoms with Crippen LogP contribution in [-0.4, -0.2) is 6.10 Å². The maximum absolute atomic E-state index is 6.42. The number of benzene rings is 1. The van der Waals surface area contributed by atoms with Crippen LogP contribution in [0.25, 0.3) is 0 Å². The van der Waals surface area contributed by atoms with E-state index in [0.29, 0.717) is 22.2 Å². The highest BCUT2D eigenvalue weighted by Crippen LogP contribution is 2.67. The van der Waals surface area contributed by atoms with Gasteiger partial charge in [-0.3, -0.25) is 0 Å². The molecule has 5 rings (SSSR count). The van der Waals surface area contributed by atoms with Crippen molar-refractivity contribution in [3.05, 3.63) is 29.8 Å². The molecule has 0 spiro atoms. The number of nitrogen functional groups attached to an aromatic ring is 2. The topological polar surface area (TPSA) is 61.3 Å². The van der Waals surface area contributed by atoms with Gasteiger partial charge in [-0.1, -0.05) is 65.5 Å². The molecule has 0 heterocycles. The van der Waals surface area contributed by atoms with Crippen molar-refractivity contribution in [3.8, 4) is 5.75 Å². The van der Waals surface area contributed by atoms with Crippen molar-refractivity contribution in [2.75, 3.05) is 11.5 Å². The van der Waals surface area contributed by atoms with Crippen molar-refractivity contribution >= 4 is 11.4 Å². The van der Waals surface area contributed by atoms with Crippen LogP contribution in [0.2, 0.25) is 0 Å². The highest BCUT2D eigenvalue weighted by atomic mass is 16.5. The minimum absolute atomic E-state index is 0.210. The number of fused-ring (bicyclic) bond motifs is 5. The van der Waals surface area contributed by atoms with Gasteiger partial charge >= 0.3 is 0 Å². The van der Waals surface area contributed by atoms with Gasteiger partial charge in [-0.15, -0.1) is 0 Å². The van der Waals surface area contributed by atoms with E-state index in [0.717, 1.165) is 54.1 Å². The summed E-state index contributed by atoms with van der Waals surface area (Å²) in [5.74, 6) is 6.06. The summed E-state index contributed by atoms with van der Waals surface area (Å²) in [4.78, 5) is 0. The quantitative estimate of drug-likeness (QED) is 0.296. The minimum Gasteiger partial charge on any atom is -0.488 e. The first-order chi connectivity index (χ1) is 17.1. The Balaban J connectivity index is 1.28. The Morgan fingerprint density at radius 3 is 2.56 bits per heavy atom. The third kappa shape index (κ3) is 4.58. The molecule has 4 N–H and O–H groups in total. The lowest BCUT2D eigenvalue weighted by atomic mass is 9.47. The van der Waals surface area contributed by atoms with E-state index in [1.807, 2.05) is 18.2 Å². The van der Waals surface area contributed by atoms with E-state index in [9.17, 15) is 0 Å². The zero-order valence-corrected chi connectivity index (χ0v) is 23.7. The predicted octanol–water partition coefficient (Wildman–Crippen LogP) is 8.64. The molecule has 1 aromatic carbocycles. The molecule has 1 aromatic rings. The van der Waals surface area contributed by atoms with Crippen LogP contribution in [0.15, 0.2) is 29.8 Å². The highest BCUT2D eigenvalue weighted by molar-refractivity contribution is 5.59. The van der Waals surface area contributed by atoms with Gasteiger partial charge in [0.05, 0.1) is 5.69 Å². The normalized spacial score (nSPS) is 38.6. The van der Waals surface area contributed by atoms with Crippen LogP contribution in [0.3, 0.4) is 0 Å². The number of hydrogen-bond acceptors (Lipinski definition) is 3. The van der Waals surface area contributed by atoms with Crippen LogP contribution < -0.4 is 16.2 Å². The molecule has 36 heavy (non-hydrogen) atoms. The van der Waals surface area contributed by atoms with Gasteiger partial charge in [0, 0.05) is 18.2 Å². The zero-order valence-electron chi connectivity index (χ0n) is 23.7. The first-order valence-electron chi connectivity index (χ1n) is 15.1.